The summed E-state index contributed by atoms with van der Waals surface area (Å²) in [6.07, 6.45) is 0. The van der Waals surface area contributed by atoms with Gasteiger partial charge in [0.25, 0.3) is 0 Å². The van der Waals surface area contributed by atoms with E-state index in [0.29, 0.717) is 22.3 Å². The van der Waals surface area contributed by atoms with Crippen LogP contribution in [0.25, 0.3) is 11.1 Å². The molecule has 2 N–H and O–H groups in total. The number of rotatable bonds is 3. The van der Waals surface area contributed by atoms with E-state index in [9.17, 15) is 10.2 Å². The Balaban J connectivity index is 1.73. The molecule has 2 unspecified atom stereocenters. The van der Waals surface area contributed by atoms with Crippen molar-refractivity contribution in [3.05, 3.63) is 167 Å². The Morgan fingerprint density at radius 2 is 0.765 bits per heavy atom. The lowest BCUT2D eigenvalue weighted by molar-refractivity contribution is 0.0748. The summed E-state index contributed by atoms with van der Waals surface area (Å²) in [5, 5.41) is 25.1. The van der Waals surface area contributed by atoms with E-state index in [-0.39, 0.29) is 0 Å². The molecule has 164 valence electrons. The molecular weight excluding hydrogens is 416 g/mol. The molecule has 0 radical (unpaired) electrons. The average Bonchev–Trinajstić information content (AvgIpc) is 2.93. The van der Waals surface area contributed by atoms with Crippen LogP contribution in [0.5, 0.6) is 0 Å². The Hall–Kier alpha value is -3.98. The van der Waals surface area contributed by atoms with Crippen molar-refractivity contribution in [3.8, 4) is 11.1 Å². The van der Waals surface area contributed by atoms with Gasteiger partial charge < -0.3 is 10.2 Å². The van der Waals surface area contributed by atoms with E-state index in [2.05, 4.69) is 12.1 Å². The van der Waals surface area contributed by atoms with Gasteiger partial charge in [-0.05, 0) is 50.6 Å². The molecule has 6 rings (SSSR count). The molecule has 1 aliphatic rings. The molecule has 34 heavy (non-hydrogen) atoms. The Labute approximate surface area is 199 Å². The zero-order valence-electron chi connectivity index (χ0n) is 18.6. The molecule has 1 aliphatic carbocycles. The van der Waals surface area contributed by atoms with Crippen molar-refractivity contribution in [2.75, 3.05) is 0 Å². The molecule has 0 amide bonds. The van der Waals surface area contributed by atoms with Gasteiger partial charge >= 0.3 is 0 Å². The number of aliphatic hydroxyl groups is 2. The first-order valence-corrected chi connectivity index (χ1v) is 11.5. The highest BCUT2D eigenvalue weighted by atomic mass is 16.3. The normalized spacial score (nSPS) is 20.9. The molecule has 0 saturated heterocycles. The summed E-state index contributed by atoms with van der Waals surface area (Å²) in [7, 11) is 0. The van der Waals surface area contributed by atoms with Gasteiger partial charge in [0.2, 0.25) is 0 Å². The van der Waals surface area contributed by atoms with Crippen LogP contribution in [-0.4, -0.2) is 10.2 Å². The summed E-state index contributed by atoms with van der Waals surface area (Å²) in [5.41, 5.74) is 3.51. The smallest absolute Gasteiger partial charge is 0.141 e. The zero-order chi connectivity index (χ0) is 23.2. The summed E-state index contributed by atoms with van der Waals surface area (Å²) < 4.78 is 0. The summed E-state index contributed by atoms with van der Waals surface area (Å²) in [5.74, 6) is 0. The molecule has 5 aromatic rings. The first-order chi connectivity index (χ1) is 16.6. The second kappa shape index (κ2) is 7.81. The van der Waals surface area contributed by atoms with E-state index in [1.54, 1.807) is 0 Å². The van der Waals surface area contributed by atoms with Gasteiger partial charge in [0, 0.05) is 0 Å². The van der Waals surface area contributed by atoms with E-state index < -0.39 is 11.2 Å². The van der Waals surface area contributed by atoms with Crippen LogP contribution in [0.15, 0.2) is 133 Å². The molecule has 0 fully saturated rings. The molecule has 2 heteroatoms. The molecular formula is C32H24O2. The Morgan fingerprint density at radius 1 is 0.353 bits per heavy atom. The fraction of sp³-hybridized carbons (Fsp3) is 0.0625. The van der Waals surface area contributed by atoms with Gasteiger partial charge in [-0.25, -0.2) is 0 Å². The SMILES string of the molecule is OC1(c2ccccc2)c2ccccc2C(O)(c2ccccc2)c2cc(-c3ccccc3)ccc21. The minimum absolute atomic E-state index is 0.684. The van der Waals surface area contributed by atoms with Gasteiger partial charge in [-0.3, -0.25) is 0 Å². The maximum Gasteiger partial charge on any atom is 0.141 e. The predicted molar refractivity (Wildman–Crippen MR) is 135 cm³/mol. The zero-order valence-corrected chi connectivity index (χ0v) is 18.6. The van der Waals surface area contributed by atoms with Crippen molar-refractivity contribution < 1.29 is 10.2 Å². The molecule has 0 spiro atoms. The summed E-state index contributed by atoms with van der Waals surface area (Å²) >= 11 is 0. The van der Waals surface area contributed by atoms with Crippen LogP contribution in [0.1, 0.15) is 33.4 Å². The van der Waals surface area contributed by atoms with Crippen LogP contribution < -0.4 is 0 Å². The lowest BCUT2D eigenvalue weighted by Crippen LogP contribution is -2.44. The predicted octanol–water partition coefficient (Wildman–Crippen LogP) is 6.24. The van der Waals surface area contributed by atoms with Crippen LogP contribution in [0, 0.1) is 0 Å². The fourth-order valence-electron chi connectivity index (χ4n) is 5.35. The highest BCUT2D eigenvalue weighted by Crippen LogP contribution is 2.53. The van der Waals surface area contributed by atoms with E-state index >= 15 is 0 Å². The topological polar surface area (TPSA) is 40.5 Å². The summed E-state index contributed by atoms with van der Waals surface area (Å²) in [6, 6.07) is 43.3. The average molecular weight is 441 g/mol. The third-order valence-corrected chi connectivity index (χ3v) is 7.00. The quantitative estimate of drug-likeness (QED) is 0.349. The molecule has 2 atom stereocenters. The summed E-state index contributed by atoms with van der Waals surface area (Å²) in [6.45, 7) is 0. The van der Waals surface area contributed by atoms with Crippen LogP contribution in [0.2, 0.25) is 0 Å². The second-order valence-electron chi connectivity index (χ2n) is 8.82. The first-order valence-electron chi connectivity index (χ1n) is 11.5. The third-order valence-electron chi connectivity index (χ3n) is 7.00. The van der Waals surface area contributed by atoms with Crippen molar-refractivity contribution >= 4 is 0 Å². The van der Waals surface area contributed by atoms with Crippen molar-refractivity contribution in [1.29, 1.82) is 0 Å². The standard InChI is InChI=1S/C32H24O2/c33-31(25-14-6-2-7-15-25)27-18-10-11-19-28(27)32(34,26-16-8-3-9-17-26)30-22-24(20-21-29(30)31)23-12-4-1-5-13-23/h1-22,33-34H. The number of hydrogen-bond donors (Lipinski definition) is 2. The lowest BCUT2D eigenvalue weighted by Gasteiger charge is -2.45. The molecule has 0 aromatic heterocycles. The second-order valence-corrected chi connectivity index (χ2v) is 8.82. The van der Waals surface area contributed by atoms with E-state index in [1.165, 1.54) is 0 Å². The highest BCUT2D eigenvalue weighted by molar-refractivity contribution is 5.71. The van der Waals surface area contributed by atoms with Crippen molar-refractivity contribution in [2.45, 2.75) is 11.2 Å². The molecule has 0 aliphatic heterocycles. The van der Waals surface area contributed by atoms with Crippen LogP contribution in [0.4, 0.5) is 0 Å². The lowest BCUT2D eigenvalue weighted by atomic mass is 9.63. The van der Waals surface area contributed by atoms with Crippen molar-refractivity contribution in [1.82, 2.24) is 0 Å². The van der Waals surface area contributed by atoms with Gasteiger partial charge in [0.05, 0.1) is 0 Å². The van der Waals surface area contributed by atoms with Crippen LogP contribution in [-0.2, 0) is 11.2 Å². The van der Waals surface area contributed by atoms with Crippen molar-refractivity contribution in [2.24, 2.45) is 0 Å². The highest BCUT2D eigenvalue weighted by Gasteiger charge is 2.50. The molecule has 0 bridgehead atoms. The van der Waals surface area contributed by atoms with E-state index in [1.807, 2.05) is 121 Å². The first kappa shape index (κ1) is 20.6. The fourth-order valence-corrected chi connectivity index (χ4v) is 5.35. The third kappa shape index (κ3) is 2.90. The largest absolute Gasteiger partial charge is 0.376 e. The maximum atomic E-state index is 12.6. The van der Waals surface area contributed by atoms with Gasteiger partial charge in [0.1, 0.15) is 11.2 Å². The van der Waals surface area contributed by atoms with Crippen molar-refractivity contribution in [3.63, 3.8) is 0 Å². The maximum absolute atomic E-state index is 12.6. The van der Waals surface area contributed by atoms with Crippen LogP contribution in [0.3, 0.4) is 0 Å². The Morgan fingerprint density at radius 3 is 1.29 bits per heavy atom. The number of benzene rings is 5. The monoisotopic (exact) mass is 440 g/mol. The molecule has 0 heterocycles. The van der Waals surface area contributed by atoms with E-state index in [4.69, 9.17) is 0 Å². The minimum atomic E-state index is -1.42. The van der Waals surface area contributed by atoms with Crippen LogP contribution >= 0.6 is 0 Å². The van der Waals surface area contributed by atoms with Gasteiger partial charge in [-0.15, -0.1) is 0 Å². The van der Waals surface area contributed by atoms with Gasteiger partial charge in [-0.1, -0.05) is 127 Å². The summed E-state index contributed by atoms with van der Waals surface area (Å²) in [4.78, 5) is 0. The number of fused-ring (bicyclic) bond motifs is 2. The van der Waals surface area contributed by atoms with E-state index in [0.717, 1.165) is 22.3 Å². The Bertz CT molecular complexity index is 1460. The number of hydrogen-bond acceptors (Lipinski definition) is 2. The molecule has 2 nitrogen and oxygen atoms in total. The Kier molecular flexibility index (Phi) is 4.73. The van der Waals surface area contributed by atoms with Gasteiger partial charge in [0.15, 0.2) is 0 Å². The minimum Gasteiger partial charge on any atom is -0.376 e. The molecule has 5 aromatic carbocycles. The van der Waals surface area contributed by atoms with Gasteiger partial charge in [-0.2, -0.15) is 0 Å². The molecule has 0 saturated carbocycles.